The molecular formula is C13H16ClNO2. The van der Waals surface area contributed by atoms with Gasteiger partial charge in [-0.3, -0.25) is 4.79 Å². The van der Waals surface area contributed by atoms with Gasteiger partial charge in [0, 0.05) is 23.8 Å². The van der Waals surface area contributed by atoms with Crippen molar-refractivity contribution in [1.82, 2.24) is 0 Å². The average Bonchev–Trinajstić information content (AvgIpc) is 2.38. The second-order valence-corrected chi connectivity index (χ2v) is 4.70. The van der Waals surface area contributed by atoms with Crippen LogP contribution in [0.25, 0.3) is 0 Å². The third-order valence-electron chi connectivity index (χ3n) is 3.20. The van der Waals surface area contributed by atoms with E-state index in [-0.39, 0.29) is 11.9 Å². The number of hydrogen-bond acceptors (Lipinski definition) is 3. The lowest BCUT2D eigenvalue weighted by Crippen LogP contribution is -2.36. The average molecular weight is 254 g/mol. The van der Waals surface area contributed by atoms with Gasteiger partial charge in [-0.25, -0.2) is 0 Å². The van der Waals surface area contributed by atoms with Crippen molar-refractivity contribution in [2.45, 2.75) is 12.8 Å². The zero-order valence-corrected chi connectivity index (χ0v) is 10.6. The number of piperidine rings is 1. The van der Waals surface area contributed by atoms with Gasteiger partial charge < -0.3 is 9.64 Å². The second kappa shape index (κ2) is 5.41. The number of esters is 1. The highest BCUT2D eigenvalue weighted by Crippen LogP contribution is 2.25. The van der Waals surface area contributed by atoms with Crippen LogP contribution in [-0.4, -0.2) is 26.2 Å². The molecule has 0 amide bonds. The van der Waals surface area contributed by atoms with E-state index in [1.54, 1.807) is 0 Å². The topological polar surface area (TPSA) is 29.5 Å². The molecule has 0 N–H and O–H groups in total. The first-order valence-electron chi connectivity index (χ1n) is 5.79. The summed E-state index contributed by atoms with van der Waals surface area (Å²) in [5.74, 6) is -0.0359. The van der Waals surface area contributed by atoms with Gasteiger partial charge in [-0.05, 0) is 31.0 Å². The Morgan fingerprint density at radius 3 is 2.71 bits per heavy atom. The van der Waals surface area contributed by atoms with Crippen LogP contribution in [0.3, 0.4) is 0 Å². The molecule has 2 rings (SSSR count). The SMILES string of the molecule is COC(=O)C1CCN(c2cccc(Cl)c2)CC1. The van der Waals surface area contributed by atoms with Crippen molar-refractivity contribution < 1.29 is 9.53 Å². The largest absolute Gasteiger partial charge is 0.469 e. The molecule has 1 fully saturated rings. The number of nitrogens with zero attached hydrogens (tertiary/aromatic N) is 1. The molecule has 1 aliphatic rings. The summed E-state index contributed by atoms with van der Waals surface area (Å²) in [5, 5.41) is 0.748. The van der Waals surface area contributed by atoms with Crippen molar-refractivity contribution in [1.29, 1.82) is 0 Å². The zero-order valence-electron chi connectivity index (χ0n) is 9.86. The van der Waals surface area contributed by atoms with Crippen LogP contribution in [0.4, 0.5) is 5.69 Å². The first kappa shape index (κ1) is 12.2. The Morgan fingerprint density at radius 2 is 2.12 bits per heavy atom. The predicted octanol–water partition coefficient (Wildman–Crippen LogP) is 2.73. The lowest BCUT2D eigenvalue weighted by atomic mass is 9.96. The molecule has 17 heavy (non-hydrogen) atoms. The summed E-state index contributed by atoms with van der Waals surface area (Å²) < 4.78 is 4.77. The van der Waals surface area contributed by atoms with E-state index in [0.29, 0.717) is 0 Å². The fraction of sp³-hybridized carbons (Fsp3) is 0.462. The minimum atomic E-state index is -0.0873. The number of anilines is 1. The Morgan fingerprint density at radius 1 is 1.41 bits per heavy atom. The van der Waals surface area contributed by atoms with Gasteiger partial charge in [-0.2, -0.15) is 0 Å². The summed E-state index contributed by atoms with van der Waals surface area (Å²) in [6, 6.07) is 7.82. The van der Waals surface area contributed by atoms with Crippen molar-refractivity contribution in [3.63, 3.8) is 0 Å². The van der Waals surface area contributed by atoms with Crippen LogP contribution in [-0.2, 0) is 9.53 Å². The summed E-state index contributed by atoms with van der Waals surface area (Å²) in [6.07, 6.45) is 1.69. The Balaban J connectivity index is 1.97. The Bertz CT molecular complexity index is 400. The summed E-state index contributed by atoms with van der Waals surface area (Å²) in [7, 11) is 1.45. The zero-order chi connectivity index (χ0) is 12.3. The molecule has 1 aromatic carbocycles. The molecular weight excluding hydrogens is 238 g/mol. The van der Waals surface area contributed by atoms with Crippen LogP contribution >= 0.6 is 11.6 Å². The van der Waals surface area contributed by atoms with Gasteiger partial charge in [0.05, 0.1) is 13.0 Å². The van der Waals surface area contributed by atoms with E-state index in [0.717, 1.165) is 36.6 Å². The number of hydrogen-bond donors (Lipinski definition) is 0. The molecule has 0 aromatic heterocycles. The first-order valence-corrected chi connectivity index (χ1v) is 6.17. The van der Waals surface area contributed by atoms with Gasteiger partial charge in [-0.1, -0.05) is 17.7 Å². The molecule has 1 aromatic rings. The van der Waals surface area contributed by atoms with Gasteiger partial charge in [0.2, 0.25) is 0 Å². The minimum Gasteiger partial charge on any atom is -0.469 e. The molecule has 0 atom stereocenters. The maximum absolute atomic E-state index is 11.4. The predicted molar refractivity (Wildman–Crippen MR) is 68.4 cm³/mol. The highest BCUT2D eigenvalue weighted by Gasteiger charge is 2.25. The third kappa shape index (κ3) is 2.91. The molecule has 0 bridgehead atoms. The Labute approximate surface area is 106 Å². The van der Waals surface area contributed by atoms with Gasteiger partial charge in [0.25, 0.3) is 0 Å². The van der Waals surface area contributed by atoms with Crippen molar-refractivity contribution in [2.75, 3.05) is 25.1 Å². The number of ether oxygens (including phenoxy) is 1. The lowest BCUT2D eigenvalue weighted by molar-refractivity contribution is -0.146. The number of rotatable bonds is 2. The van der Waals surface area contributed by atoms with E-state index in [4.69, 9.17) is 16.3 Å². The molecule has 3 nitrogen and oxygen atoms in total. The van der Waals surface area contributed by atoms with Crippen LogP contribution in [0, 0.1) is 5.92 Å². The van der Waals surface area contributed by atoms with E-state index in [9.17, 15) is 4.79 Å². The van der Waals surface area contributed by atoms with Gasteiger partial charge in [0.1, 0.15) is 0 Å². The molecule has 1 heterocycles. The van der Waals surface area contributed by atoms with Crippen LogP contribution in [0.1, 0.15) is 12.8 Å². The fourth-order valence-corrected chi connectivity index (χ4v) is 2.40. The number of methoxy groups -OCH3 is 1. The number of carbonyl (C=O) groups is 1. The second-order valence-electron chi connectivity index (χ2n) is 4.26. The minimum absolute atomic E-state index is 0.0513. The molecule has 0 unspecified atom stereocenters. The fourth-order valence-electron chi connectivity index (χ4n) is 2.21. The maximum Gasteiger partial charge on any atom is 0.308 e. The van der Waals surface area contributed by atoms with Crippen LogP contribution < -0.4 is 4.90 Å². The maximum atomic E-state index is 11.4. The standard InChI is InChI=1S/C13H16ClNO2/c1-17-13(16)10-5-7-15(8-6-10)12-4-2-3-11(14)9-12/h2-4,9-10H,5-8H2,1H3. The van der Waals surface area contributed by atoms with Crippen LogP contribution in [0.15, 0.2) is 24.3 Å². The molecule has 0 saturated carbocycles. The first-order chi connectivity index (χ1) is 8.20. The van der Waals surface area contributed by atoms with Crippen molar-refractivity contribution >= 4 is 23.3 Å². The molecule has 0 aliphatic carbocycles. The smallest absolute Gasteiger partial charge is 0.308 e. The lowest BCUT2D eigenvalue weighted by Gasteiger charge is -2.32. The molecule has 0 spiro atoms. The normalized spacial score (nSPS) is 16.9. The summed E-state index contributed by atoms with van der Waals surface area (Å²) in [4.78, 5) is 13.7. The summed E-state index contributed by atoms with van der Waals surface area (Å²) in [5.41, 5.74) is 1.13. The van der Waals surface area contributed by atoms with E-state index in [1.807, 2.05) is 24.3 Å². The molecule has 92 valence electrons. The van der Waals surface area contributed by atoms with Gasteiger partial charge in [0.15, 0.2) is 0 Å². The van der Waals surface area contributed by atoms with E-state index in [1.165, 1.54) is 7.11 Å². The van der Waals surface area contributed by atoms with Crippen molar-refractivity contribution in [3.05, 3.63) is 29.3 Å². The quantitative estimate of drug-likeness (QED) is 0.759. The molecule has 4 heteroatoms. The number of benzene rings is 1. The Hall–Kier alpha value is -1.22. The van der Waals surface area contributed by atoms with Crippen molar-refractivity contribution in [2.24, 2.45) is 5.92 Å². The molecule has 1 saturated heterocycles. The van der Waals surface area contributed by atoms with E-state index < -0.39 is 0 Å². The van der Waals surface area contributed by atoms with Crippen molar-refractivity contribution in [3.8, 4) is 0 Å². The van der Waals surface area contributed by atoms with Crippen LogP contribution in [0.5, 0.6) is 0 Å². The van der Waals surface area contributed by atoms with Gasteiger partial charge >= 0.3 is 5.97 Å². The monoisotopic (exact) mass is 253 g/mol. The van der Waals surface area contributed by atoms with E-state index >= 15 is 0 Å². The number of halogens is 1. The highest BCUT2D eigenvalue weighted by molar-refractivity contribution is 6.30. The van der Waals surface area contributed by atoms with Gasteiger partial charge in [-0.15, -0.1) is 0 Å². The molecule has 0 radical (unpaired) electrons. The summed E-state index contributed by atoms with van der Waals surface area (Å²) >= 11 is 5.96. The highest BCUT2D eigenvalue weighted by atomic mass is 35.5. The summed E-state index contributed by atoms with van der Waals surface area (Å²) in [6.45, 7) is 1.75. The van der Waals surface area contributed by atoms with E-state index in [2.05, 4.69) is 4.90 Å². The van der Waals surface area contributed by atoms with Crippen LogP contribution in [0.2, 0.25) is 5.02 Å². The molecule has 1 aliphatic heterocycles. The number of carbonyl (C=O) groups excluding carboxylic acids is 1. The Kier molecular flexibility index (Phi) is 3.89. The third-order valence-corrected chi connectivity index (χ3v) is 3.44.